The number of aliphatic hydroxyl groups excluding tert-OH is 1. The van der Waals surface area contributed by atoms with E-state index in [0.29, 0.717) is 11.5 Å². The largest absolute Gasteiger partial charge is 0.497 e. The van der Waals surface area contributed by atoms with Gasteiger partial charge in [-0.2, -0.15) is 10.2 Å². The van der Waals surface area contributed by atoms with Crippen LogP contribution in [0.15, 0.2) is 101 Å². The molecule has 1 fully saturated rings. The number of hydrogen-bond donors (Lipinski definition) is 1. The molecule has 3 aromatic carbocycles. The third-order valence-corrected chi connectivity index (χ3v) is 7.98. The van der Waals surface area contributed by atoms with E-state index < -0.39 is 35.8 Å². The predicted octanol–water partition coefficient (Wildman–Crippen LogP) is 4.05. The monoisotopic (exact) mass is 653 g/mol. The third kappa shape index (κ3) is 7.40. The van der Waals surface area contributed by atoms with Gasteiger partial charge in [-0.25, -0.2) is 9.79 Å². The molecular formula is C36H39N5O7. The Bertz CT molecular complexity index is 1710. The number of nitriles is 1. The van der Waals surface area contributed by atoms with E-state index in [1.165, 1.54) is 17.1 Å². The highest BCUT2D eigenvalue weighted by Crippen LogP contribution is 2.43. The summed E-state index contributed by atoms with van der Waals surface area (Å²) in [7, 11) is 6.82. The molecule has 1 N–H and O–H groups in total. The van der Waals surface area contributed by atoms with E-state index in [1.54, 1.807) is 39.3 Å². The molecule has 5 rings (SSSR count). The number of rotatable bonds is 14. The van der Waals surface area contributed by atoms with Crippen LogP contribution in [0.2, 0.25) is 0 Å². The molecule has 12 heteroatoms. The van der Waals surface area contributed by atoms with Gasteiger partial charge in [-0.1, -0.05) is 54.6 Å². The molecule has 0 saturated carbocycles. The summed E-state index contributed by atoms with van der Waals surface area (Å²) >= 11 is 0. The summed E-state index contributed by atoms with van der Waals surface area (Å²) < 4.78 is 31.4. The van der Waals surface area contributed by atoms with E-state index in [-0.39, 0.29) is 25.5 Å². The van der Waals surface area contributed by atoms with Crippen molar-refractivity contribution in [2.45, 2.75) is 36.6 Å². The Morgan fingerprint density at radius 2 is 1.58 bits per heavy atom. The number of ether oxygens (including phenoxy) is 5. The van der Waals surface area contributed by atoms with Crippen molar-refractivity contribution in [3.63, 3.8) is 0 Å². The molecule has 4 aromatic rings. The maximum absolute atomic E-state index is 13.2. The molecule has 1 aliphatic rings. The van der Waals surface area contributed by atoms with E-state index >= 15 is 0 Å². The van der Waals surface area contributed by atoms with E-state index in [9.17, 15) is 9.90 Å². The van der Waals surface area contributed by atoms with Crippen molar-refractivity contribution in [3.8, 4) is 17.6 Å². The Hall–Kier alpha value is -5.06. The lowest BCUT2D eigenvalue weighted by Gasteiger charge is -2.37. The summed E-state index contributed by atoms with van der Waals surface area (Å²) in [5.41, 5.74) is 0.647. The Labute approximate surface area is 279 Å². The molecule has 0 spiro atoms. The van der Waals surface area contributed by atoms with E-state index in [1.807, 2.05) is 84.9 Å². The molecule has 250 valence electrons. The van der Waals surface area contributed by atoms with Crippen molar-refractivity contribution in [2.75, 3.05) is 41.5 Å². The summed E-state index contributed by atoms with van der Waals surface area (Å²) in [6.07, 6.45) is -1.06. The van der Waals surface area contributed by atoms with Crippen molar-refractivity contribution in [1.82, 2.24) is 14.5 Å². The van der Waals surface area contributed by atoms with Crippen LogP contribution in [0, 0.1) is 11.3 Å². The van der Waals surface area contributed by atoms with E-state index in [2.05, 4.69) is 9.98 Å². The summed E-state index contributed by atoms with van der Waals surface area (Å²) in [5, 5.41) is 20.7. The number of nitrogens with zero attached hydrogens (tertiary/aromatic N) is 5. The third-order valence-electron chi connectivity index (χ3n) is 7.98. The number of aromatic nitrogens is 2. The number of benzene rings is 3. The molecule has 1 aromatic heterocycles. The molecule has 48 heavy (non-hydrogen) atoms. The van der Waals surface area contributed by atoms with Gasteiger partial charge in [0, 0.05) is 20.3 Å². The minimum absolute atomic E-state index is 0.0324. The number of aliphatic hydroxyl groups is 1. The number of hydrogen-bond acceptors (Lipinski definition) is 10. The summed E-state index contributed by atoms with van der Waals surface area (Å²) in [6, 6.07) is 28.5. The van der Waals surface area contributed by atoms with Gasteiger partial charge in [0.2, 0.25) is 0 Å². The number of aliphatic imine (C=N–C) groups is 1. The lowest BCUT2D eigenvalue weighted by molar-refractivity contribution is -0.0979. The zero-order valence-corrected chi connectivity index (χ0v) is 27.3. The molecule has 0 amide bonds. The second-order valence-corrected chi connectivity index (χ2v) is 11.3. The molecule has 12 nitrogen and oxygen atoms in total. The Kier molecular flexibility index (Phi) is 11.2. The van der Waals surface area contributed by atoms with Gasteiger partial charge in [-0.15, -0.1) is 0 Å². The first-order chi connectivity index (χ1) is 23.3. The molecule has 2 heterocycles. The molecule has 1 saturated heterocycles. The van der Waals surface area contributed by atoms with Gasteiger partial charge in [-0.3, -0.25) is 4.57 Å². The minimum atomic E-state index is -1.22. The van der Waals surface area contributed by atoms with Crippen LogP contribution in [0.5, 0.6) is 11.5 Å². The lowest BCUT2D eigenvalue weighted by atomic mass is 9.80. The van der Waals surface area contributed by atoms with Gasteiger partial charge in [0.25, 0.3) is 0 Å². The standard InChI is InChI=1S/C36H39N5O7/c1-40(2)24-38-31-19-21-41(35(43)39-31)34-33(46-22-8-20-37)32(42)30(48-34)23-47-36(25-9-6-5-7-10-25,26-11-15-28(44-3)16-12-26)27-13-17-29(45-4)18-14-27/h5-7,9-19,21,24,30,32-34,42H,8,22-23H2,1-4H3/t30-,32?,33+,34-/m1/s1. The molecule has 1 unspecified atom stereocenters. The fourth-order valence-corrected chi connectivity index (χ4v) is 5.63. The van der Waals surface area contributed by atoms with Gasteiger partial charge < -0.3 is 33.7 Å². The van der Waals surface area contributed by atoms with Crippen LogP contribution in [0.3, 0.4) is 0 Å². The predicted molar refractivity (Wildman–Crippen MR) is 178 cm³/mol. The van der Waals surface area contributed by atoms with Gasteiger partial charge >= 0.3 is 5.69 Å². The van der Waals surface area contributed by atoms with Gasteiger partial charge in [-0.05, 0) is 47.0 Å². The summed E-state index contributed by atoms with van der Waals surface area (Å²) in [5.74, 6) is 1.59. The quantitative estimate of drug-likeness (QED) is 0.0918. The molecule has 0 bridgehead atoms. The van der Waals surface area contributed by atoms with Crippen molar-refractivity contribution in [2.24, 2.45) is 4.99 Å². The van der Waals surface area contributed by atoms with Crippen molar-refractivity contribution >= 4 is 12.2 Å². The minimum Gasteiger partial charge on any atom is -0.497 e. The smallest absolute Gasteiger partial charge is 0.351 e. The highest BCUT2D eigenvalue weighted by molar-refractivity contribution is 5.58. The maximum atomic E-state index is 13.2. The van der Waals surface area contributed by atoms with Crippen LogP contribution < -0.4 is 15.2 Å². The maximum Gasteiger partial charge on any atom is 0.351 e. The SMILES string of the molecule is COc1ccc(C(OC[C@H]2O[C@@H](n3ccc(N=CN(C)C)nc3=O)[C@@H](OCCC#N)C2O)(c2ccccc2)c2ccc(OC)cc2)cc1. The zero-order chi connectivity index (χ0) is 34.1. The average Bonchev–Trinajstić information content (AvgIpc) is 3.42. The fraction of sp³-hybridized carbons (Fsp3) is 0.333. The van der Waals surface area contributed by atoms with Gasteiger partial charge in [0.1, 0.15) is 35.4 Å². The highest BCUT2D eigenvalue weighted by Gasteiger charge is 2.48. The van der Waals surface area contributed by atoms with Gasteiger partial charge in [0.15, 0.2) is 12.0 Å². The fourth-order valence-electron chi connectivity index (χ4n) is 5.63. The highest BCUT2D eigenvalue weighted by atomic mass is 16.6. The molecule has 1 aliphatic heterocycles. The van der Waals surface area contributed by atoms with Crippen LogP contribution in [0.25, 0.3) is 0 Å². The Morgan fingerprint density at radius 1 is 0.979 bits per heavy atom. The van der Waals surface area contributed by atoms with E-state index in [4.69, 9.17) is 28.9 Å². The molecule has 4 atom stereocenters. The first-order valence-electron chi connectivity index (χ1n) is 15.4. The second kappa shape index (κ2) is 15.7. The van der Waals surface area contributed by atoms with E-state index in [0.717, 1.165) is 16.7 Å². The van der Waals surface area contributed by atoms with Crippen molar-refractivity contribution < 1.29 is 28.8 Å². The van der Waals surface area contributed by atoms with Crippen LogP contribution in [-0.4, -0.2) is 85.7 Å². The van der Waals surface area contributed by atoms with Crippen LogP contribution in [0.1, 0.15) is 29.3 Å². The Morgan fingerprint density at radius 3 is 2.12 bits per heavy atom. The zero-order valence-electron chi connectivity index (χ0n) is 27.3. The van der Waals surface area contributed by atoms with Crippen LogP contribution in [-0.2, 0) is 19.8 Å². The molecule has 0 radical (unpaired) electrons. The Balaban J connectivity index is 1.53. The van der Waals surface area contributed by atoms with Crippen LogP contribution in [0.4, 0.5) is 5.82 Å². The molecular weight excluding hydrogens is 614 g/mol. The first-order valence-corrected chi connectivity index (χ1v) is 15.4. The van der Waals surface area contributed by atoms with Crippen molar-refractivity contribution in [3.05, 3.63) is 118 Å². The molecule has 0 aliphatic carbocycles. The van der Waals surface area contributed by atoms with Crippen molar-refractivity contribution in [1.29, 1.82) is 5.26 Å². The average molecular weight is 654 g/mol. The lowest BCUT2D eigenvalue weighted by Crippen LogP contribution is -2.40. The second-order valence-electron chi connectivity index (χ2n) is 11.3. The first kappa shape index (κ1) is 34.3. The van der Waals surface area contributed by atoms with Crippen LogP contribution >= 0.6 is 0 Å². The summed E-state index contributed by atoms with van der Waals surface area (Å²) in [4.78, 5) is 23.2. The normalized spacial score (nSPS) is 19.2. The number of methoxy groups -OCH3 is 2. The van der Waals surface area contributed by atoms with Gasteiger partial charge in [0.05, 0.1) is 46.3 Å². The summed E-state index contributed by atoms with van der Waals surface area (Å²) in [6.45, 7) is -0.0686. The topological polar surface area (TPSA) is 141 Å².